The molecule has 25 heavy (non-hydrogen) atoms. The SMILES string of the molecule is CCOC(=O)Cc1nc2c(N3CCOC[C@H]3C(F)F)nc(Cl)cc2[nH]1. The molecule has 1 saturated heterocycles. The van der Waals surface area contributed by atoms with Gasteiger partial charge in [0, 0.05) is 12.6 Å². The lowest BCUT2D eigenvalue weighted by atomic mass is 10.2. The number of imidazole rings is 1. The average Bonchev–Trinajstić information content (AvgIpc) is 2.96. The van der Waals surface area contributed by atoms with E-state index in [9.17, 15) is 13.6 Å². The quantitative estimate of drug-likeness (QED) is 0.638. The van der Waals surface area contributed by atoms with Gasteiger partial charge in [0.05, 0.1) is 25.3 Å². The van der Waals surface area contributed by atoms with Crippen molar-refractivity contribution in [3.63, 3.8) is 0 Å². The fourth-order valence-corrected chi connectivity index (χ4v) is 2.93. The monoisotopic (exact) mass is 374 g/mol. The van der Waals surface area contributed by atoms with Crippen LogP contribution in [0.1, 0.15) is 12.7 Å². The highest BCUT2D eigenvalue weighted by Crippen LogP contribution is 2.30. The molecule has 0 radical (unpaired) electrons. The van der Waals surface area contributed by atoms with Crippen LogP contribution in [0.5, 0.6) is 0 Å². The number of aromatic nitrogens is 3. The Bertz CT molecular complexity index is 771. The van der Waals surface area contributed by atoms with Gasteiger partial charge < -0.3 is 19.4 Å². The van der Waals surface area contributed by atoms with Crippen LogP contribution >= 0.6 is 11.6 Å². The van der Waals surface area contributed by atoms with Crippen molar-refractivity contribution >= 4 is 34.4 Å². The summed E-state index contributed by atoms with van der Waals surface area (Å²) in [7, 11) is 0. The second kappa shape index (κ2) is 7.49. The Hall–Kier alpha value is -2.00. The molecule has 0 aromatic carbocycles. The number of aromatic amines is 1. The number of fused-ring (bicyclic) bond motifs is 1. The van der Waals surface area contributed by atoms with E-state index < -0.39 is 18.4 Å². The maximum atomic E-state index is 13.3. The molecule has 1 fully saturated rings. The summed E-state index contributed by atoms with van der Waals surface area (Å²) in [5.74, 6) is 0.182. The van der Waals surface area contributed by atoms with Gasteiger partial charge in [0.2, 0.25) is 0 Å². The summed E-state index contributed by atoms with van der Waals surface area (Å²) < 4.78 is 36.7. The van der Waals surface area contributed by atoms with Crippen LogP contribution in [0.4, 0.5) is 14.6 Å². The second-order valence-electron chi connectivity index (χ2n) is 5.50. The molecule has 2 aromatic rings. The van der Waals surface area contributed by atoms with Crippen LogP contribution in [0.15, 0.2) is 6.07 Å². The van der Waals surface area contributed by atoms with Crippen LogP contribution in [0.3, 0.4) is 0 Å². The van der Waals surface area contributed by atoms with Crippen molar-refractivity contribution in [2.45, 2.75) is 25.8 Å². The molecule has 1 aliphatic rings. The summed E-state index contributed by atoms with van der Waals surface area (Å²) in [4.78, 5) is 24.6. The van der Waals surface area contributed by atoms with E-state index in [2.05, 4.69) is 15.0 Å². The molecular formula is C15H17ClF2N4O3. The van der Waals surface area contributed by atoms with Gasteiger partial charge in [-0.15, -0.1) is 0 Å². The molecule has 0 spiro atoms. The Morgan fingerprint density at radius 2 is 2.36 bits per heavy atom. The minimum atomic E-state index is -2.60. The van der Waals surface area contributed by atoms with Gasteiger partial charge in [-0.1, -0.05) is 11.6 Å². The van der Waals surface area contributed by atoms with E-state index in [1.807, 2.05) is 0 Å². The van der Waals surface area contributed by atoms with E-state index in [1.54, 1.807) is 13.0 Å². The highest BCUT2D eigenvalue weighted by atomic mass is 35.5. The summed E-state index contributed by atoms with van der Waals surface area (Å²) in [5, 5.41) is 0.147. The lowest BCUT2D eigenvalue weighted by molar-refractivity contribution is -0.142. The van der Waals surface area contributed by atoms with E-state index in [-0.39, 0.29) is 37.2 Å². The number of alkyl halides is 2. The predicted molar refractivity (Wildman–Crippen MR) is 87.2 cm³/mol. The third-order valence-electron chi connectivity index (χ3n) is 3.81. The first-order valence-corrected chi connectivity index (χ1v) is 8.20. The van der Waals surface area contributed by atoms with Gasteiger partial charge in [-0.2, -0.15) is 0 Å². The maximum Gasteiger partial charge on any atom is 0.313 e. The van der Waals surface area contributed by atoms with Crippen LogP contribution in [0, 0.1) is 0 Å². The van der Waals surface area contributed by atoms with Gasteiger partial charge in [0.15, 0.2) is 5.82 Å². The molecule has 0 unspecified atom stereocenters. The summed E-state index contributed by atoms with van der Waals surface area (Å²) in [6, 6.07) is 0.410. The number of nitrogens with one attached hydrogen (secondary N) is 1. The highest BCUT2D eigenvalue weighted by molar-refractivity contribution is 6.30. The maximum absolute atomic E-state index is 13.3. The lowest BCUT2D eigenvalue weighted by Gasteiger charge is -2.35. The number of esters is 1. The zero-order valence-corrected chi connectivity index (χ0v) is 14.2. The van der Waals surface area contributed by atoms with Gasteiger partial charge in [-0.3, -0.25) is 4.79 Å². The number of hydrogen-bond acceptors (Lipinski definition) is 6. The Morgan fingerprint density at radius 3 is 3.08 bits per heavy atom. The number of rotatable bonds is 5. The molecule has 7 nitrogen and oxygen atoms in total. The van der Waals surface area contributed by atoms with Gasteiger partial charge in [0.1, 0.15) is 29.0 Å². The molecule has 10 heteroatoms. The van der Waals surface area contributed by atoms with E-state index in [1.165, 1.54) is 4.90 Å². The molecular weight excluding hydrogens is 358 g/mol. The Morgan fingerprint density at radius 1 is 1.56 bits per heavy atom. The smallest absolute Gasteiger partial charge is 0.313 e. The predicted octanol–water partition coefficient (Wildman–Crippen LogP) is 2.19. The van der Waals surface area contributed by atoms with Gasteiger partial charge in [-0.05, 0) is 6.92 Å². The fraction of sp³-hybridized carbons (Fsp3) is 0.533. The van der Waals surface area contributed by atoms with Gasteiger partial charge >= 0.3 is 5.97 Å². The lowest BCUT2D eigenvalue weighted by Crippen LogP contribution is -2.50. The number of H-pyrrole nitrogens is 1. The second-order valence-corrected chi connectivity index (χ2v) is 5.89. The molecule has 0 bridgehead atoms. The summed E-state index contributed by atoms with van der Waals surface area (Å²) in [6.07, 6.45) is -2.66. The molecule has 0 aliphatic carbocycles. The van der Waals surface area contributed by atoms with E-state index in [4.69, 9.17) is 21.1 Å². The molecule has 1 aliphatic heterocycles. The van der Waals surface area contributed by atoms with Crippen LogP contribution < -0.4 is 4.90 Å². The molecule has 1 atom stereocenters. The number of morpholine rings is 1. The van der Waals surface area contributed by atoms with Crippen molar-refractivity contribution in [3.05, 3.63) is 17.0 Å². The minimum absolute atomic E-state index is 0.0546. The molecule has 0 saturated carbocycles. The fourth-order valence-electron chi connectivity index (χ4n) is 2.75. The average molecular weight is 375 g/mol. The minimum Gasteiger partial charge on any atom is -0.466 e. The first kappa shape index (κ1) is 17.8. The summed E-state index contributed by atoms with van der Waals surface area (Å²) >= 11 is 6.04. The van der Waals surface area contributed by atoms with Crippen molar-refractivity contribution < 1.29 is 23.0 Å². The van der Waals surface area contributed by atoms with Gasteiger partial charge in [-0.25, -0.2) is 18.7 Å². The van der Waals surface area contributed by atoms with E-state index >= 15 is 0 Å². The third kappa shape index (κ3) is 3.82. The normalized spacial score (nSPS) is 18.1. The number of ether oxygens (including phenoxy) is 2. The first-order chi connectivity index (χ1) is 12.0. The Kier molecular flexibility index (Phi) is 5.33. The van der Waals surface area contributed by atoms with Crippen LogP contribution in [0.25, 0.3) is 11.0 Å². The number of pyridine rings is 1. The molecule has 136 valence electrons. The zero-order valence-electron chi connectivity index (χ0n) is 13.5. The summed E-state index contributed by atoms with van der Waals surface area (Å²) in [5.41, 5.74) is 0.907. The van der Waals surface area contributed by atoms with Crippen molar-refractivity contribution in [1.29, 1.82) is 0 Å². The topological polar surface area (TPSA) is 80.3 Å². The number of carbonyl (C=O) groups excluding carboxylic acids is 1. The number of hydrogen-bond donors (Lipinski definition) is 1. The third-order valence-corrected chi connectivity index (χ3v) is 4.01. The Balaban J connectivity index is 1.99. The van der Waals surface area contributed by atoms with Crippen LogP contribution in [-0.2, 0) is 20.7 Å². The van der Waals surface area contributed by atoms with Crippen LogP contribution in [-0.4, -0.2) is 59.8 Å². The van der Waals surface area contributed by atoms with Crippen molar-refractivity contribution in [3.8, 4) is 0 Å². The molecule has 2 aromatic heterocycles. The standard InChI is InChI=1S/C15H17ClF2N4O3/c1-2-25-12(23)6-11-19-8-5-10(16)20-15(13(8)21-11)22-3-4-24-7-9(22)14(17)18/h5,9,14H,2-4,6-7H2,1H3,(H,19,21)/t9-/m0/s1. The van der Waals surface area contributed by atoms with Crippen molar-refractivity contribution in [2.24, 2.45) is 0 Å². The molecule has 3 heterocycles. The zero-order chi connectivity index (χ0) is 18.0. The van der Waals surface area contributed by atoms with Gasteiger partial charge in [0.25, 0.3) is 6.43 Å². The molecule has 3 rings (SSSR count). The van der Waals surface area contributed by atoms with Crippen LogP contribution in [0.2, 0.25) is 5.15 Å². The number of carbonyl (C=O) groups is 1. The highest BCUT2D eigenvalue weighted by Gasteiger charge is 2.33. The van der Waals surface area contributed by atoms with Crippen molar-refractivity contribution in [1.82, 2.24) is 15.0 Å². The molecule has 0 amide bonds. The Labute approximate surface area is 147 Å². The van der Waals surface area contributed by atoms with Crippen molar-refractivity contribution in [2.75, 3.05) is 31.3 Å². The van der Waals surface area contributed by atoms with E-state index in [0.29, 0.717) is 23.5 Å². The summed E-state index contributed by atoms with van der Waals surface area (Å²) in [6.45, 7) is 2.42. The van der Waals surface area contributed by atoms with E-state index in [0.717, 1.165) is 0 Å². The molecule has 1 N–H and O–H groups in total. The number of anilines is 1. The first-order valence-electron chi connectivity index (χ1n) is 7.83. The largest absolute Gasteiger partial charge is 0.466 e. The number of nitrogens with zero attached hydrogens (tertiary/aromatic N) is 3. The number of halogens is 3.